The van der Waals surface area contributed by atoms with Gasteiger partial charge in [-0.05, 0) is 13.8 Å². The molecule has 8 nitrogen and oxygen atoms in total. The molecule has 0 spiro atoms. The lowest BCUT2D eigenvalue weighted by Crippen LogP contribution is -2.42. The number of carbonyl (C=O) groups is 2. The number of esters is 2. The number of rotatable bonds is 5. The fraction of sp³-hybridized carbons (Fsp3) is 0.857. The maximum atomic E-state index is 11.8. The number of hydrogen-bond acceptors (Lipinski definition) is 8. The van der Waals surface area contributed by atoms with E-state index < -0.39 is 35.7 Å². The summed E-state index contributed by atoms with van der Waals surface area (Å²) in [6, 6.07) is 0. The Morgan fingerprint density at radius 1 is 0.909 bits per heavy atom. The molecule has 126 valence electrons. The maximum absolute atomic E-state index is 11.8. The minimum Gasteiger partial charge on any atom is -0.462 e. The molecule has 2 aliphatic heterocycles. The van der Waals surface area contributed by atoms with Gasteiger partial charge in [-0.25, -0.2) is 9.59 Å². The van der Waals surface area contributed by atoms with Gasteiger partial charge in [-0.3, -0.25) is 0 Å². The molecule has 0 aromatic rings. The lowest BCUT2D eigenvalue weighted by atomic mass is 10.2. The second kappa shape index (κ2) is 6.49. The first-order valence-corrected chi connectivity index (χ1v) is 7.32. The molecule has 8 heteroatoms. The van der Waals surface area contributed by atoms with Gasteiger partial charge in [-0.1, -0.05) is 0 Å². The van der Waals surface area contributed by atoms with Crippen LogP contribution in [0.15, 0.2) is 0 Å². The second-order valence-corrected chi connectivity index (χ2v) is 5.27. The van der Waals surface area contributed by atoms with E-state index in [2.05, 4.69) is 0 Å². The van der Waals surface area contributed by atoms with E-state index in [1.165, 1.54) is 13.8 Å². The van der Waals surface area contributed by atoms with Crippen LogP contribution in [0.3, 0.4) is 0 Å². The molecule has 2 rings (SSSR count). The summed E-state index contributed by atoms with van der Waals surface area (Å²) >= 11 is 0. The van der Waals surface area contributed by atoms with Gasteiger partial charge >= 0.3 is 11.9 Å². The van der Waals surface area contributed by atoms with Crippen molar-refractivity contribution in [1.29, 1.82) is 0 Å². The molecular formula is C14H22O8. The van der Waals surface area contributed by atoms with Crippen LogP contribution in [0.25, 0.3) is 0 Å². The van der Waals surface area contributed by atoms with Crippen LogP contribution in [0, 0.1) is 0 Å². The minimum atomic E-state index is -1.47. The Balaban J connectivity index is 1.95. The van der Waals surface area contributed by atoms with Crippen LogP contribution in [-0.2, 0) is 38.0 Å². The van der Waals surface area contributed by atoms with E-state index in [1.807, 2.05) is 0 Å². The van der Waals surface area contributed by atoms with Gasteiger partial charge < -0.3 is 28.4 Å². The van der Waals surface area contributed by atoms with E-state index in [1.54, 1.807) is 13.8 Å². The standard InChI is InChI=1S/C14H22O8/c1-5-17-11(15)13(3)19-7-9(21-13)10-8-20-14(4,22-10)12(16)18-6-2/h9-10H,5-8H2,1-4H3. The average Bonchev–Trinajstić information content (AvgIpc) is 3.05. The quantitative estimate of drug-likeness (QED) is 0.672. The Bertz CT molecular complexity index is 399. The zero-order chi connectivity index (χ0) is 16.4. The summed E-state index contributed by atoms with van der Waals surface area (Å²) in [5, 5.41) is 0. The Kier molecular flexibility index (Phi) is 5.06. The van der Waals surface area contributed by atoms with E-state index in [-0.39, 0.29) is 26.4 Å². The third kappa shape index (κ3) is 3.24. The predicted octanol–water partition coefficient (Wildman–Crippen LogP) is 0.376. The average molecular weight is 318 g/mol. The molecule has 0 amide bonds. The summed E-state index contributed by atoms with van der Waals surface area (Å²) in [4.78, 5) is 23.7. The molecule has 2 fully saturated rings. The molecule has 0 N–H and O–H groups in total. The van der Waals surface area contributed by atoms with Crippen LogP contribution in [-0.4, -0.2) is 62.1 Å². The van der Waals surface area contributed by atoms with E-state index in [0.29, 0.717) is 0 Å². The Morgan fingerprint density at radius 3 is 1.59 bits per heavy atom. The molecule has 0 saturated carbocycles. The highest BCUT2D eigenvalue weighted by atomic mass is 16.8. The van der Waals surface area contributed by atoms with Crippen molar-refractivity contribution in [1.82, 2.24) is 0 Å². The molecule has 0 aliphatic carbocycles. The molecule has 22 heavy (non-hydrogen) atoms. The summed E-state index contributed by atoms with van der Waals surface area (Å²) in [7, 11) is 0. The van der Waals surface area contributed by atoms with Crippen LogP contribution in [0.1, 0.15) is 27.7 Å². The highest BCUT2D eigenvalue weighted by Crippen LogP contribution is 2.33. The molecule has 0 aromatic heterocycles. The van der Waals surface area contributed by atoms with Crippen molar-refractivity contribution in [3.8, 4) is 0 Å². The first-order chi connectivity index (χ1) is 10.3. The molecule has 2 aliphatic rings. The molecule has 0 bridgehead atoms. The summed E-state index contributed by atoms with van der Waals surface area (Å²) in [5.74, 6) is -4.12. The van der Waals surface area contributed by atoms with Gasteiger partial charge in [0.2, 0.25) is 0 Å². The molecule has 0 aromatic carbocycles. The van der Waals surface area contributed by atoms with Crippen LogP contribution in [0.5, 0.6) is 0 Å². The molecular weight excluding hydrogens is 296 g/mol. The van der Waals surface area contributed by atoms with Crippen molar-refractivity contribution in [2.45, 2.75) is 51.5 Å². The van der Waals surface area contributed by atoms with Crippen molar-refractivity contribution in [3.05, 3.63) is 0 Å². The first kappa shape index (κ1) is 17.1. The molecule has 0 radical (unpaired) electrons. The fourth-order valence-corrected chi connectivity index (χ4v) is 2.30. The van der Waals surface area contributed by atoms with E-state index in [4.69, 9.17) is 28.4 Å². The van der Waals surface area contributed by atoms with Crippen molar-refractivity contribution in [2.24, 2.45) is 0 Å². The van der Waals surface area contributed by atoms with Gasteiger partial charge in [0.15, 0.2) is 0 Å². The number of ether oxygens (including phenoxy) is 6. The molecule has 4 atom stereocenters. The largest absolute Gasteiger partial charge is 0.462 e. The normalized spacial score (nSPS) is 38.0. The monoisotopic (exact) mass is 318 g/mol. The zero-order valence-corrected chi connectivity index (χ0v) is 13.2. The predicted molar refractivity (Wildman–Crippen MR) is 71.7 cm³/mol. The maximum Gasteiger partial charge on any atom is 0.366 e. The highest BCUT2D eigenvalue weighted by Gasteiger charge is 2.53. The zero-order valence-electron chi connectivity index (χ0n) is 13.2. The smallest absolute Gasteiger partial charge is 0.366 e. The van der Waals surface area contributed by atoms with Crippen molar-refractivity contribution in [2.75, 3.05) is 26.4 Å². The number of hydrogen-bond donors (Lipinski definition) is 0. The Hall–Kier alpha value is -1.22. The lowest BCUT2D eigenvalue weighted by molar-refractivity contribution is -0.218. The fourth-order valence-electron chi connectivity index (χ4n) is 2.30. The van der Waals surface area contributed by atoms with Crippen LogP contribution >= 0.6 is 0 Å². The van der Waals surface area contributed by atoms with E-state index in [9.17, 15) is 9.59 Å². The summed E-state index contributed by atoms with van der Waals surface area (Å²) in [6.07, 6.45) is -1.07. The minimum absolute atomic E-state index is 0.141. The van der Waals surface area contributed by atoms with Gasteiger partial charge in [-0.2, -0.15) is 0 Å². The summed E-state index contributed by atoms with van der Waals surface area (Å²) in [5.41, 5.74) is 0. The second-order valence-electron chi connectivity index (χ2n) is 5.27. The van der Waals surface area contributed by atoms with Crippen LogP contribution in [0.4, 0.5) is 0 Å². The van der Waals surface area contributed by atoms with Gasteiger partial charge in [0, 0.05) is 13.8 Å². The van der Waals surface area contributed by atoms with Gasteiger partial charge in [0.05, 0.1) is 26.4 Å². The molecule has 4 unspecified atom stereocenters. The molecule has 2 heterocycles. The van der Waals surface area contributed by atoms with Crippen molar-refractivity contribution >= 4 is 11.9 Å². The van der Waals surface area contributed by atoms with Crippen LogP contribution < -0.4 is 0 Å². The molecule has 2 saturated heterocycles. The highest BCUT2D eigenvalue weighted by molar-refractivity contribution is 5.78. The third-order valence-corrected chi connectivity index (χ3v) is 3.51. The third-order valence-electron chi connectivity index (χ3n) is 3.51. The van der Waals surface area contributed by atoms with E-state index >= 15 is 0 Å². The lowest BCUT2D eigenvalue weighted by Gasteiger charge is -2.23. The van der Waals surface area contributed by atoms with E-state index in [0.717, 1.165) is 0 Å². The van der Waals surface area contributed by atoms with Crippen LogP contribution in [0.2, 0.25) is 0 Å². The Morgan fingerprint density at radius 2 is 1.27 bits per heavy atom. The Labute approximate surface area is 128 Å². The summed E-state index contributed by atoms with van der Waals surface area (Å²) < 4.78 is 31.9. The SMILES string of the molecule is CCOC(=O)C1(C)OCC(C2COC(C)(C(=O)OCC)O2)O1. The first-order valence-electron chi connectivity index (χ1n) is 7.32. The number of carbonyl (C=O) groups excluding carboxylic acids is 2. The summed E-state index contributed by atoms with van der Waals surface area (Å²) in [6.45, 7) is 7.13. The van der Waals surface area contributed by atoms with Crippen molar-refractivity contribution < 1.29 is 38.0 Å². The van der Waals surface area contributed by atoms with Gasteiger partial charge in [0.25, 0.3) is 11.6 Å². The topological polar surface area (TPSA) is 89.5 Å². The van der Waals surface area contributed by atoms with Gasteiger partial charge in [0.1, 0.15) is 12.2 Å². The van der Waals surface area contributed by atoms with Crippen molar-refractivity contribution in [3.63, 3.8) is 0 Å². The van der Waals surface area contributed by atoms with Gasteiger partial charge in [-0.15, -0.1) is 0 Å².